The summed E-state index contributed by atoms with van der Waals surface area (Å²) in [5.41, 5.74) is -0.177. The molecule has 5 nitrogen and oxygen atoms in total. The third-order valence-corrected chi connectivity index (χ3v) is 4.88. The predicted molar refractivity (Wildman–Crippen MR) is 85.0 cm³/mol. The molecule has 2 fully saturated rings. The SMILES string of the molecule is CC1(C(=O)O)CCN(C(=O)c2ccc(F)c(COCC3CC3)c2)C1. The summed E-state index contributed by atoms with van der Waals surface area (Å²) in [7, 11) is 0. The van der Waals surface area contributed by atoms with E-state index in [2.05, 4.69) is 0 Å². The summed E-state index contributed by atoms with van der Waals surface area (Å²) >= 11 is 0. The van der Waals surface area contributed by atoms with Crippen LogP contribution in [0.5, 0.6) is 0 Å². The van der Waals surface area contributed by atoms with Gasteiger partial charge in [0.1, 0.15) is 5.82 Å². The van der Waals surface area contributed by atoms with Crippen LogP contribution in [0.3, 0.4) is 0 Å². The summed E-state index contributed by atoms with van der Waals surface area (Å²) in [6.45, 7) is 2.99. The Morgan fingerprint density at radius 3 is 2.79 bits per heavy atom. The van der Waals surface area contributed by atoms with E-state index in [4.69, 9.17) is 4.74 Å². The Balaban J connectivity index is 1.67. The smallest absolute Gasteiger partial charge is 0.311 e. The van der Waals surface area contributed by atoms with E-state index >= 15 is 0 Å². The number of halogens is 1. The summed E-state index contributed by atoms with van der Waals surface area (Å²) in [6.07, 6.45) is 2.75. The van der Waals surface area contributed by atoms with Crippen molar-refractivity contribution in [1.29, 1.82) is 0 Å². The molecule has 130 valence electrons. The van der Waals surface area contributed by atoms with Gasteiger partial charge >= 0.3 is 5.97 Å². The molecule has 2 aliphatic rings. The van der Waals surface area contributed by atoms with Gasteiger partial charge in [-0.2, -0.15) is 0 Å². The molecular formula is C18H22FNO4. The van der Waals surface area contributed by atoms with Crippen LogP contribution in [0, 0.1) is 17.2 Å². The fraction of sp³-hybridized carbons (Fsp3) is 0.556. The predicted octanol–water partition coefficient (Wildman–Crippen LogP) is 2.69. The van der Waals surface area contributed by atoms with E-state index in [9.17, 15) is 19.1 Å². The van der Waals surface area contributed by atoms with Crippen LogP contribution in [0.15, 0.2) is 18.2 Å². The molecule has 1 amide bonds. The second-order valence-corrected chi connectivity index (χ2v) is 7.11. The lowest BCUT2D eigenvalue weighted by Gasteiger charge is -2.20. The largest absolute Gasteiger partial charge is 0.481 e. The number of hydrogen-bond acceptors (Lipinski definition) is 3. The van der Waals surface area contributed by atoms with E-state index in [1.807, 2.05) is 0 Å². The average molecular weight is 335 g/mol. The van der Waals surface area contributed by atoms with E-state index in [0.29, 0.717) is 36.6 Å². The van der Waals surface area contributed by atoms with Gasteiger partial charge in [0, 0.05) is 30.8 Å². The molecule has 0 radical (unpaired) electrons. The molecule has 1 aliphatic heterocycles. The quantitative estimate of drug-likeness (QED) is 0.868. The summed E-state index contributed by atoms with van der Waals surface area (Å²) in [4.78, 5) is 25.4. The highest BCUT2D eigenvalue weighted by Crippen LogP contribution is 2.31. The normalized spacial score (nSPS) is 23.5. The Labute approximate surface area is 140 Å². The van der Waals surface area contributed by atoms with Crippen molar-refractivity contribution in [3.05, 3.63) is 35.1 Å². The van der Waals surface area contributed by atoms with Crippen molar-refractivity contribution in [2.24, 2.45) is 11.3 Å². The van der Waals surface area contributed by atoms with Gasteiger partial charge in [0.25, 0.3) is 5.91 Å². The first-order valence-electron chi connectivity index (χ1n) is 8.28. The molecule has 6 heteroatoms. The van der Waals surface area contributed by atoms with Crippen LogP contribution in [0.2, 0.25) is 0 Å². The lowest BCUT2D eigenvalue weighted by atomic mass is 9.90. The number of aliphatic carboxylic acids is 1. The summed E-state index contributed by atoms with van der Waals surface area (Å²) in [6, 6.07) is 4.23. The van der Waals surface area contributed by atoms with Crippen molar-refractivity contribution in [2.45, 2.75) is 32.8 Å². The molecule has 3 rings (SSSR count). The molecule has 0 bridgehead atoms. The molecule has 0 spiro atoms. The molecule has 1 saturated carbocycles. The van der Waals surface area contributed by atoms with Crippen molar-refractivity contribution >= 4 is 11.9 Å². The first-order valence-corrected chi connectivity index (χ1v) is 8.28. The Bertz CT molecular complexity index is 658. The molecule has 1 atom stereocenters. The van der Waals surface area contributed by atoms with Gasteiger partial charge in [-0.15, -0.1) is 0 Å². The maximum Gasteiger partial charge on any atom is 0.311 e. The van der Waals surface area contributed by atoms with E-state index in [0.717, 1.165) is 12.8 Å². The number of carboxylic acids is 1. The van der Waals surface area contributed by atoms with Crippen LogP contribution in [-0.2, 0) is 16.1 Å². The van der Waals surface area contributed by atoms with Crippen LogP contribution >= 0.6 is 0 Å². The van der Waals surface area contributed by atoms with Crippen molar-refractivity contribution < 1.29 is 23.8 Å². The van der Waals surface area contributed by atoms with Gasteiger partial charge in [-0.05, 0) is 50.3 Å². The zero-order valence-corrected chi connectivity index (χ0v) is 13.8. The third kappa shape index (κ3) is 3.59. The number of hydrogen-bond donors (Lipinski definition) is 1. The first-order chi connectivity index (χ1) is 11.4. The van der Waals surface area contributed by atoms with Crippen LogP contribution in [-0.4, -0.2) is 41.6 Å². The van der Waals surface area contributed by atoms with E-state index in [1.165, 1.54) is 23.1 Å². The molecule has 1 N–H and O–H groups in total. The Morgan fingerprint density at radius 2 is 2.17 bits per heavy atom. The summed E-state index contributed by atoms with van der Waals surface area (Å²) in [5, 5.41) is 9.27. The third-order valence-electron chi connectivity index (χ3n) is 4.88. The number of benzene rings is 1. The topological polar surface area (TPSA) is 66.8 Å². The second-order valence-electron chi connectivity index (χ2n) is 7.11. The lowest BCUT2D eigenvalue weighted by Crippen LogP contribution is -2.34. The number of rotatable bonds is 6. The molecular weight excluding hydrogens is 313 g/mol. The minimum absolute atomic E-state index is 0.149. The van der Waals surface area contributed by atoms with Gasteiger partial charge in [0.15, 0.2) is 0 Å². The maximum absolute atomic E-state index is 13.9. The molecule has 1 aromatic carbocycles. The van der Waals surface area contributed by atoms with Crippen molar-refractivity contribution in [1.82, 2.24) is 4.90 Å². The number of likely N-dealkylation sites (tertiary alicyclic amines) is 1. The Morgan fingerprint density at radius 1 is 1.42 bits per heavy atom. The minimum atomic E-state index is -0.911. The second kappa shape index (κ2) is 6.51. The maximum atomic E-state index is 13.9. The minimum Gasteiger partial charge on any atom is -0.481 e. The van der Waals surface area contributed by atoms with Crippen molar-refractivity contribution in [3.63, 3.8) is 0 Å². The van der Waals surface area contributed by atoms with Crippen molar-refractivity contribution in [3.8, 4) is 0 Å². The fourth-order valence-corrected chi connectivity index (χ4v) is 2.93. The molecule has 1 saturated heterocycles. The molecule has 1 aromatic rings. The number of carboxylic acid groups (broad SMARTS) is 1. The number of carbonyl (C=O) groups excluding carboxylic acids is 1. The van der Waals surface area contributed by atoms with Gasteiger partial charge in [0.2, 0.25) is 0 Å². The van der Waals surface area contributed by atoms with E-state index in [1.54, 1.807) is 6.92 Å². The van der Waals surface area contributed by atoms with Gasteiger partial charge < -0.3 is 14.7 Å². The monoisotopic (exact) mass is 335 g/mol. The van der Waals surface area contributed by atoms with Crippen LogP contribution in [0.4, 0.5) is 4.39 Å². The number of carbonyl (C=O) groups is 2. The zero-order valence-electron chi connectivity index (χ0n) is 13.8. The zero-order chi connectivity index (χ0) is 17.3. The van der Waals surface area contributed by atoms with E-state index in [-0.39, 0.29) is 24.9 Å². The molecule has 24 heavy (non-hydrogen) atoms. The van der Waals surface area contributed by atoms with Crippen molar-refractivity contribution in [2.75, 3.05) is 19.7 Å². The van der Waals surface area contributed by atoms with Crippen LogP contribution in [0.25, 0.3) is 0 Å². The van der Waals surface area contributed by atoms with Gasteiger partial charge in [0.05, 0.1) is 12.0 Å². The van der Waals surface area contributed by atoms with Crippen LogP contribution in [0.1, 0.15) is 42.1 Å². The van der Waals surface area contributed by atoms with Gasteiger partial charge in [-0.25, -0.2) is 4.39 Å². The first kappa shape index (κ1) is 16.9. The Kier molecular flexibility index (Phi) is 4.58. The van der Waals surface area contributed by atoms with E-state index < -0.39 is 11.4 Å². The summed E-state index contributed by atoms with van der Waals surface area (Å²) in [5.74, 6) is -0.954. The molecule has 1 heterocycles. The highest BCUT2D eigenvalue weighted by atomic mass is 19.1. The highest BCUT2D eigenvalue weighted by molar-refractivity contribution is 5.95. The Hall–Kier alpha value is -1.95. The molecule has 1 unspecified atom stereocenters. The molecule has 0 aromatic heterocycles. The van der Waals surface area contributed by atoms with Gasteiger partial charge in [-0.1, -0.05) is 0 Å². The average Bonchev–Trinajstić information content (AvgIpc) is 3.28. The van der Waals surface area contributed by atoms with Crippen LogP contribution < -0.4 is 0 Å². The molecule has 1 aliphatic carbocycles. The number of ether oxygens (including phenoxy) is 1. The summed E-state index contributed by atoms with van der Waals surface area (Å²) < 4.78 is 19.4. The standard InChI is InChI=1S/C18H22FNO4/c1-18(17(22)23)6-7-20(11-18)16(21)13-4-5-15(19)14(8-13)10-24-9-12-2-3-12/h4-5,8,12H,2-3,6-7,9-11H2,1H3,(H,22,23). The van der Waals surface area contributed by atoms with Gasteiger partial charge in [-0.3, -0.25) is 9.59 Å². The number of nitrogens with zero attached hydrogens (tertiary/aromatic N) is 1. The lowest BCUT2D eigenvalue weighted by molar-refractivity contribution is -0.147. The number of amides is 1. The fourth-order valence-electron chi connectivity index (χ4n) is 2.93. The highest BCUT2D eigenvalue weighted by Gasteiger charge is 2.42.